The summed E-state index contributed by atoms with van der Waals surface area (Å²) >= 11 is 1.39. The molecular formula is C15H26N2O2S2. The van der Waals surface area contributed by atoms with Crippen LogP contribution in [0, 0.1) is 5.92 Å². The lowest BCUT2D eigenvalue weighted by Crippen LogP contribution is -2.35. The van der Waals surface area contributed by atoms with Crippen molar-refractivity contribution in [3.8, 4) is 0 Å². The van der Waals surface area contributed by atoms with Crippen LogP contribution in [0.5, 0.6) is 0 Å². The molecular weight excluding hydrogens is 304 g/mol. The largest absolute Gasteiger partial charge is 0.316 e. The summed E-state index contributed by atoms with van der Waals surface area (Å²) in [4.78, 5) is 1.12. The van der Waals surface area contributed by atoms with Crippen molar-refractivity contribution < 1.29 is 8.42 Å². The van der Waals surface area contributed by atoms with Crippen LogP contribution in [0.15, 0.2) is 16.3 Å². The monoisotopic (exact) mass is 330 g/mol. The maximum absolute atomic E-state index is 12.4. The van der Waals surface area contributed by atoms with E-state index in [0.29, 0.717) is 10.1 Å². The molecule has 2 rings (SSSR count). The molecule has 21 heavy (non-hydrogen) atoms. The van der Waals surface area contributed by atoms with Gasteiger partial charge in [0, 0.05) is 10.9 Å². The Morgan fingerprint density at radius 1 is 1.29 bits per heavy atom. The van der Waals surface area contributed by atoms with E-state index in [2.05, 4.69) is 23.9 Å². The van der Waals surface area contributed by atoms with Gasteiger partial charge in [-0.05, 0) is 56.8 Å². The van der Waals surface area contributed by atoms with Crippen LogP contribution in [0.1, 0.15) is 44.4 Å². The first-order valence-corrected chi connectivity index (χ1v) is 10.1. The van der Waals surface area contributed by atoms with E-state index in [9.17, 15) is 8.42 Å². The predicted octanol–water partition coefficient (Wildman–Crippen LogP) is 2.76. The molecule has 1 aromatic rings. The third-order valence-corrected chi connectivity index (χ3v) is 7.17. The highest BCUT2D eigenvalue weighted by Gasteiger charge is 2.28. The fourth-order valence-electron chi connectivity index (χ4n) is 2.73. The van der Waals surface area contributed by atoms with Gasteiger partial charge in [0.2, 0.25) is 10.0 Å². The van der Waals surface area contributed by atoms with Gasteiger partial charge in [-0.3, -0.25) is 0 Å². The van der Waals surface area contributed by atoms with Gasteiger partial charge in [-0.2, -0.15) is 0 Å². The maximum Gasteiger partial charge on any atom is 0.250 e. The Bertz CT molecular complexity index is 540. The molecule has 0 saturated heterocycles. The maximum atomic E-state index is 12.4. The smallest absolute Gasteiger partial charge is 0.250 e. The van der Waals surface area contributed by atoms with E-state index in [1.807, 2.05) is 6.07 Å². The van der Waals surface area contributed by atoms with E-state index in [1.54, 1.807) is 6.07 Å². The van der Waals surface area contributed by atoms with Crippen molar-refractivity contribution in [2.75, 3.05) is 13.1 Å². The second-order valence-corrected chi connectivity index (χ2v) is 8.97. The standard InChI is InChI=1S/C15H26N2O2S2/c1-3-10-16-11-9-13-7-8-15(20-13)21(18,19)17-14-6-4-5-12(14)2/h7-8,12,14,16-17H,3-6,9-11H2,1-2H3. The Labute approximate surface area is 132 Å². The topological polar surface area (TPSA) is 58.2 Å². The lowest BCUT2D eigenvalue weighted by Gasteiger charge is -2.16. The van der Waals surface area contributed by atoms with E-state index in [1.165, 1.54) is 11.3 Å². The molecule has 120 valence electrons. The molecule has 0 bridgehead atoms. The summed E-state index contributed by atoms with van der Waals surface area (Å²) in [7, 11) is -3.34. The molecule has 6 heteroatoms. The van der Waals surface area contributed by atoms with E-state index in [0.717, 1.165) is 50.1 Å². The Kier molecular flexibility index (Phi) is 6.22. The van der Waals surface area contributed by atoms with Crippen LogP contribution in [0.25, 0.3) is 0 Å². The molecule has 2 atom stereocenters. The van der Waals surface area contributed by atoms with Crippen molar-refractivity contribution in [3.05, 3.63) is 17.0 Å². The summed E-state index contributed by atoms with van der Waals surface area (Å²) in [6.45, 7) is 6.18. The number of rotatable bonds is 8. The Morgan fingerprint density at radius 2 is 2.10 bits per heavy atom. The van der Waals surface area contributed by atoms with Crippen molar-refractivity contribution in [1.29, 1.82) is 0 Å². The van der Waals surface area contributed by atoms with Gasteiger partial charge in [-0.15, -0.1) is 11.3 Å². The fraction of sp³-hybridized carbons (Fsp3) is 0.733. The van der Waals surface area contributed by atoms with Crippen LogP contribution in [0.4, 0.5) is 0 Å². The van der Waals surface area contributed by atoms with Crippen LogP contribution >= 0.6 is 11.3 Å². The molecule has 1 aliphatic rings. The summed E-state index contributed by atoms with van der Waals surface area (Å²) < 4.78 is 28.1. The summed E-state index contributed by atoms with van der Waals surface area (Å²) in [6.07, 6.45) is 5.20. The first kappa shape index (κ1) is 16.9. The van der Waals surface area contributed by atoms with Gasteiger partial charge in [0.25, 0.3) is 0 Å². The fourth-order valence-corrected chi connectivity index (χ4v) is 5.48. The van der Waals surface area contributed by atoms with Gasteiger partial charge < -0.3 is 5.32 Å². The van der Waals surface area contributed by atoms with Crippen molar-refractivity contribution >= 4 is 21.4 Å². The Hall–Kier alpha value is -0.430. The van der Waals surface area contributed by atoms with Crippen LogP contribution in [0.2, 0.25) is 0 Å². The molecule has 4 nitrogen and oxygen atoms in total. The summed E-state index contributed by atoms with van der Waals surface area (Å²) in [6, 6.07) is 3.78. The van der Waals surface area contributed by atoms with Gasteiger partial charge in [0.1, 0.15) is 4.21 Å². The van der Waals surface area contributed by atoms with E-state index in [4.69, 9.17) is 0 Å². The second-order valence-electron chi connectivity index (χ2n) is 5.86. The third kappa shape index (κ3) is 4.77. The SMILES string of the molecule is CCCNCCc1ccc(S(=O)(=O)NC2CCCC2C)s1. The molecule has 0 radical (unpaired) electrons. The van der Waals surface area contributed by atoms with Gasteiger partial charge in [0.05, 0.1) is 0 Å². The molecule has 0 aromatic carbocycles. The predicted molar refractivity (Wildman–Crippen MR) is 88.3 cm³/mol. The Balaban J connectivity index is 1.92. The first-order valence-electron chi connectivity index (χ1n) is 7.84. The molecule has 2 N–H and O–H groups in total. The highest BCUT2D eigenvalue weighted by molar-refractivity contribution is 7.91. The molecule has 1 aromatic heterocycles. The molecule has 0 spiro atoms. The quantitative estimate of drug-likeness (QED) is 0.721. The van der Waals surface area contributed by atoms with Crippen LogP contribution in [-0.2, 0) is 16.4 Å². The van der Waals surface area contributed by atoms with Crippen LogP contribution in [-0.4, -0.2) is 27.5 Å². The highest BCUT2D eigenvalue weighted by Crippen LogP contribution is 2.28. The lowest BCUT2D eigenvalue weighted by atomic mass is 10.1. The molecule has 1 saturated carbocycles. The minimum Gasteiger partial charge on any atom is -0.316 e. The van der Waals surface area contributed by atoms with Crippen molar-refractivity contribution in [1.82, 2.24) is 10.0 Å². The summed E-state index contributed by atoms with van der Waals surface area (Å²) in [5.74, 6) is 0.442. The molecule has 0 aliphatic heterocycles. The van der Waals surface area contributed by atoms with Gasteiger partial charge >= 0.3 is 0 Å². The summed E-state index contributed by atoms with van der Waals surface area (Å²) in [5.41, 5.74) is 0. The number of sulfonamides is 1. The number of thiophene rings is 1. The van der Waals surface area contributed by atoms with E-state index < -0.39 is 10.0 Å². The Morgan fingerprint density at radius 3 is 2.76 bits per heavy atom. The molecule has 1 fully saturated rings. The van der Waals surface area contributed by atoms with Crippen molar-refractivity contribution in [2.45, 2.75) is 56.2 Å². The van der Waals surface area contributed by atoms with E-state index >= 15 is 0 Å². The molecule has 2 unspecified atom stereocenters. The average Bonchev–Trinajstić information content (AvgIpc) is 3.05. The lowest BCUT2D eigenvalue weighted by molar-refractivity contribution is 0.477. The van der Waals surface area contributed by atoms with E-state index in [-0.39, 0.29) is 6.04 Å². The van der Waals surface area contributed by atoms with Crippen LogP contribution in [0.3, 0.4) is 0 Å². The van der Waals surface area contributed by atoms with Gasteiger partial charge in [-0.25, -0.2) is 13.1 Å². The number of hydrogen-bond acceptors (Lipinski definition) is 4. The second kappa shape index (κ2) is 7.72. The van der Waals surface area contributed by atoms with Gasteiger partial charge in [-0.1, -0.05) is 20.3 Å². The minimum absolute atomic E-state index is 0.103. The molecule has 0 amide bonds. The zero-order valence-corrected chi connectivity index (χ0v) is 14.5. The summed E-state index contributed by atoms with van der Waals surface area (Å²) in [5, 5.41) is 3.34. The van der Waals surface area contributed by atoms with Crippen molar-refractivity contribution in [2.24, 2.45) is 5.92 Å². The third-order valence-electron chi connectivity index (χ3n) is 4.04. The molecule has 1 heterocycles. The van der Waals surface area contributed by atoms with Crippen molar-refractivity contribution in [3.63, 3.8) is 0 Å². The minimum atomic E-state index is -3.34. The average molecular weight is 331 g/mol. The normalized spacial score (nSPS) is 22.8. The first-order chi connectivity index (χ1) is 10.0. The van der Waals surface area contributed by atoms with Gasteiger partial charge in [0.15, 0.2) is 0 Å². The number of nitrogens with one attached hydrogen (secondary N) is 2. The zero-order valence-electron chi connectivity index (χ0n) is 12.9. The zero-order chi connectivity index (χ0) is 15.3. The number of hydrogen-bond donors (Lipinski definition) is 2. The molecule has 1 aliphatic carbocycles. The highest BCUT2D eigenvalue weighted by atomic mass is 32.2. The van der Waals surface area contributed by atoms with Crippen LogP contribution < -0.4 is 10.0 Å².